The third kappa shape index (κ3) is 2.46. The standard InChI is InChI=1S/C11H13FN4OS/c1-6(13)7-3-4-9(8(12)5-7)18-11-15-14-10(17)16(11)2/h3-6H,13H2,1-2H3,(H,14,17)/t6-/m1/s1. The summed E-state index contributed by atoms with van der Waals surface area (Å²) in [6.07, 6.45) is 0. The first-order valence-electron chi connectivity index (χ1n) is 5.33. The lowest BCUT2D eigenvalue weighted by Crippen LogP contribution is -2.12. The maximum Gasteiger partial charge on any atom is 0.343 e. The molecule has 1 aromatic carbocycles. The topological polar surface area (TPSA) is 76.7 Å². The summed E-state index contributed by atoms with van der Waals surface area (Å²) in [6, 6.07) is 4.59. The molecule has 96 valence electrons. The zero-order chi connectivity index (χ0) is 13.3. The first-order chi connectivity index (χ1) is 8.49. The summed E-state index contributed by atoms with van der Waals surface area (Å²) < 4.78 is 15.2. The Morgan fingerprint density at radius 1 is 1.56 bits per heavy atom. The van der Waals surface area contributed by atoms with Crippen LogP contribution in [0.2, 0.25) is 0 Å². The number of halogens is 1. The van der Waals surface area contributed by atoms with Gasteiger partial charge in [0.2, 0.25) is 0 Å². The Bertz CT molecular complexity index is 620. The van der Waals surface area contributed by atoms with E-state index in [1.54, 1.807) is 26.1 Å². The van der Waals surface area contributed by atoms with Crippen LogP contribution in [0.4, 0.5) is 4.39 Å². The van der Waals surface area contributed by atoms with Gasteiger partial charge in [-0.05, 0) is 36.4 Å². The molecule has 7 heteroatoms. The summed E-state index contributed by atoms with van der Waals surface area (Å²) >= 11 is 1.09. The number of aromatic nitrogens is 3. The number of hydrogen-bond donors (Lipinski definition) is 2. The van der Waals surface area contributed by atoms with E-state index in [-0.39, 0.29) is 17.5 Å². The summed E-state index contributed by atoms with van der Waals surface area (Å²) in [4.78, 5) is 11.6. The van der Waals surface area contributed by atoms with Gasteiger partial charge in [0, 0.05) is 13.1 Å². The van der Waals surface area contributed by atoms with Crippen molar-refractivity contribution in [3.8, 4) is 0 Å². The maximum absolute atomic E-state index is 13.8. The van der Waals surface area contributed by atoms with Gasteiger partial charge in [-0.1, -0.05) is 6.07 Å². The number of nitrogens with two attached hydrogens (primary N) is 1. The van der Waals surface area contributed by atoms with Crippen LogP contribution < -0.4 is 11.4 Å². The highest BCUT2D eigenvalue weighted by Gasteiger charge is 2.11. The molecule has 0 radical (unpaired) electrons. The van der Waals surface area contributed by atoms with Crippen LogP contribution in [-0.4, -0.2) is 14.8 Å². The average molecular weight is 268 g/mol. The number of rotatable bonds is 3. The van der Waals surface area contributed by atoms with Crippen LogP contribution in [0.15, 0.2) is 33.0 Å². The first kappa shape index (κ1) is 12.8. The lowest BCUT2D eigenvalue weighted by molar-refractivity contribution is 0.596. The molecule has 0 unspecified atom stereocenters. The minimum Gasteiger partial charge on any atom is -0.324 e. The quantitative estimate of drug-likeness (QED) is 0.882. The summed E-state index contributed by atoms with van der Waals surface area (Å²) in [5.41, 5.74) is 6.08. The third-order valence-electron chi connectivity index (χ3n) is 2.52. The van der Waals surface area contributed by atoms with Crippen molar-refractivity contribution in [2.45, 2.75) is 23.0 Å². The molecule has 0 amide bonds. The molecule has 0 saturated heterocycles. The van der Waals surface area contributed by atoms with E-state index in [4.69, 9.17) is 5.73 Å². The second-order valence-electron chi connectivity index (χ2n) is 3.95. The van der Waals surface area contributed by atoms with Crippen LogP contribution in [0.1, 0.15) is 18.5 Å². The molecule has 0 bridgehead atoms. The molecule has 0 spiro atoms. The molecule has 0 aliphatic heterocycles. The van der Waals surface area contributed by atoms with E-state index in [0.717, 1.165) is 17.3 Å². The number of nitrogens with one attached hydrogen (secondary N) is 1. The van der Waals surface area contributed by atoms with Gasteiger partial charge in [0.25, 0.3) is 0 Å². The highest BCUT2D eigenvalue weighted by molar-refractivity contribution is 7.99. The molecular formula is C11H13FN4OS. The largest absolute Gasteiger partial charge is 0.343 e. The van der Waals surface area contributed by atoms with E-state index < -0.39 is 0 Å². The Hall–Kier alpha value is -1.60. The molecule has 18 heavy (non-hydrogen) atoms. The SMILES string of the molecule is C[C@@H](N)c1ccc(Sc2n[nH]c(=O)n2C)c(F)c1. The van der Waals surface area contributed by atoms with E-state index in [1.165, 1.54) is 10.6 Å². The number of hydrogen-bond acceptors (Lipinski definition) is 4. The lowest BCUT2D eigenvalue weighted by atomic mass is 10.1. The predicted molar refractivity (Wildman–Crippen MR) is 67.0 cm³/mol. The molecule has 3 N–H and O–H groups in total. The van der Waals surface area contributed by atoms with Gasteiger partial charge in [0.15, 0.2) is 5.16 Å². The molecular weight excluding hydrogens is 255 g/mol. The van der Waals surface area contributed by atoms with E-state index in [0.29, 0.717) is 10.1 Å². The Morgan fingerprint density at radius 2 is 2.28 bits per heavy atom. The molecule has 1 aromatic heterocycles. The fourth-order valence-corrected chi connectivity index (χ4v) is 2.21. The molecule has 2 rings (SSSR count). The molecule has 1 atom stereocenters. The molecule has 0 aliphatic carbocycles. The van der Waals surface area contributed by atoms with Crippen molar-refractivity contribution in [1.82, 2.24) is 14.8 Å². The van der Waals surface area contributed by atoms with Gasteiger partial charge in [0.05, 0.1) is 4.90 Å². The van der Waals surface area contributed by atoms with E-state index in [2.05, 4.69) is 10.2 Å². The monoisotopic (exact) mass is 268 g/mol. The zero-order valence-electron chi connectivity index (χ0n) is 9.98. The van der Waals surface area contributed by atoms with Gasteiger partial charge >= 0.3 is 5.69 Å². The van der Waals surface area contributed by atoms with Gasteiger partial charge in [-0.25, -0.2) is 14.3 Å². The molecule has 0 aliphatic rings. The minimum atomic E-state index is -0.370. The molecule has 1 heterocycles. The number of benzene rings is 1. The second-order valence-corrected chi connectivity index (χ2v) is 4.96. The van der Waals surface area contributed by atoms with Gasteiger partial charge in [-0.2, -0.15) is 0 Å². The Kier molecular flexibility index (Phi) is 3.53. The van der Waals surface area contributed by atoms with Crippen LogP contribution in [0.5, 0.6) is 0 Å². The van der Waals surface area contributed by atoms with Gasteiger partial charge in [0.1, 0.15) is 5.82 Å². The smallest absolute Gasteiger partial charge is 0.324 e. The van der Waals surface area contributed by atoms with E-state index in [1.807, 2.05) is 0 Å². The van der Waals surface area contributed by atoms with Crippen molar-refractivity contribution in [2.75, 3.05) is 0 Å². The Balaban J connectivity index is 2.30. The number of nitrogens with zero attached hydrogens (tertiary/aromatic N) is 2. The normalized spacial score (nSPS) is 12.7. The highest BCUT2D eigenvalue weighted by atomic mass is 32.2. The van der Waals surface area contributed by atoms with Gasteiger partial charge in [-0.15, -0.1) is 5.10 Å². The summed E-state index contributed by atoms with van der Waals surface area (Å²) in [6.45, 7) is 1.79. The zero-order valence-corrected chi connectivity index (χ0v) is 10.8. The number of H-pyrrole nitrogens is 1. The summed E-state index contributed by atoms with van der Waals surface area (Å²) in [5.74, 6) is -0.370. The second kappa shape index (κ2) is 4.95. The Labute approximate surface area is 107 Å². The van der Waals surface area contributed by atoms with Crippen LogP contribution in [-0.2, 0) is 7.05 Å². The average Bonchev–Trinajstić information content (AvgIpc) is 2.63. The summed E-state index contributed by atoms with van der Waals surface area (Å²) in [7, 11) is 1.57. The van der Waals surface area contributed by atoms with Crippen LogP contribution in [0.3, 0.4) is 0 Å². The Morgan fingerprint density at radius 3 is 2.78 bits per heavy atom. The van der Waals surface area contributed by atoms with Crippen molar-refractivity contribution < 1.29 is 4.39 Å². The van der Waals surface area contributed by atoms with Crippen molar-refractivity contribution >= 4 is 11.8 Å². The minimum absolute atomic E-state index is 0.215. The van der Waals surface area contributed by atoms with Crippen molar-refractivity contribution in [2.24, 2.45) is 12.8 Å². The predicted octanol–water partition coefficient (Wildman–Crippen LogP) is 1.42. The maximum atomic E-state index is 13.8. The lowest BCUT2D eigenvalue weighted by Gasteiger charge is -2.07. The van der Waals surface area contributed by atoms with Crippen LogP contribution in [0, 0.1) is 5.82 Å². The van der Waals surface area contributed by atoms with Crippen molar-refractivity contribution in [3.63, 3.8) is 0 Å². The fraction of sp³-hybridized carbons (Fsp3) is 0.273. The molecule has 0 fully saturated rings. The molecule has 5 nitrogen and oxygen atoms in total. The fourth-order valence-electron chi connectivity index (χ4n) is 1.41. The number of aromatic amines is 1. The summed E-state index contributed by atoms with van der Waals surface area (Å²) in [5, 5.41) is 6.52. The molecule has 2 aromatic rings. The third-order valence-corrected chi connectivity index (χ3v) is 3.62. The van der Waals surface area contributed by atoms with E-state index >= 15 is 0 Å². The first-order valence-corrected chi connectivity index (χ1v) is 6.15. The van der Waals surface area contributed by atoms with E-state index in [9.17, 15) is 9.18 Å². The van der Waals surface area contributed by atoms with Crippen molar-refractivity contribution in [3.05, 3.63) is 40.1 Å². The van der Waals surface area contributed by atoms with Crippen molar-refractivity contribution in [1.29, 1.82) is 0 Å². The van der Waals surface area contributed by atoms with Crippen LogP contribution >= 0.6 is 11.8 Å². The van der Waals surface area contributed by atoms with Gasteiger partial charge < -0.3 is 5.73 Å². The molecule has 0 saturated carbocycles. The van der Waals surface area contributed by atoms with Crippen LogP contribution in [0.25, 0.3) is 0 Å². The highest BCUT2D eigenvalue weighted by Crippen LogP contribution is 2.28. The van der Waals surface area contributed by atoms with Gasteiger partial charge in [-0.3, -0.25) is 4.57 Å².